The molecule has 40 heavy (non-hydrogen) atoms. The Bertz CT molecular complexity index is 1350. The van der Waals surface area contributed by atoms with Crippen LogP contribution in [-0.4, -0.2) is 40.3 Å². The van der Waals surface area contributed by atoms with Gasteiger partial charge in [-0.25, -0.2) is 0 Å². The summed E-state index contributed by atoms with van der Waals surface area (Å²) in [6.45, 7) is 0. The van der Waals surface area contributed by atoms with Crippen LogP contribution in [-0.2, 0) is 15.8 Å². The number of rotatable bonds is 8. The zero-order chi connectivity index (χ0) is 29.0. The fourth-order valence-corrected chi connectivity index (χ4v) is 4.87. The van der Waals surface area contributed by atoms with E-state index in [9.17, 15) is 22.8 Å². The minimum atomic E-state index is -4.56. The number of benzene rings is 3. The first-order chi connectivity index (χ1) is 19.1. The summed E-state index contributed by atoms with van der Waals surface area (Å²) in [5.74, 6) is -0.0430. The molecule has 1 N–H and O–H groups in total. The Kier molecular flexibility index (Phi) is 8.41. The van der Waals surface area contributed by atoms with Crippen LogP contribution in [0.1, 0.15) is 30.0 Å². The standard InChI is InChI=1S/C29H29F3N2O6/c1-37-21-10-8-17(9-11-21)26-22(28(36)33-19-7-5-6-18(14-19)29(30,31)32)12-13-25(35)34(26)20-15-23(38-2)27(40-4)24(16-20)39-3/h5-11,14-16,22,26H,12-13H2,1-4H3,(H,33,36)/t22-,26-/m0/s1. The van der Waals surface area contributed by atoms with Gasteiger partial charge < -0.3 is 29.2 Å². The van der Waals surface area contributed by atoms with Crippen molar-refractivity contribution in [1.82, 2.24) is 0 Å². The van der Waals surface area contributed by atoms with Gasteiger partial charge in [-0.15, -0.1) is 0 Å². The van der Waals surface area contributed by atoms with Gasteiger partial charge in [0.1, 0.15) is 5.75 Å². The van der Waals surface area contributed by atoms with Gasteiger partial charge in [-0.3, -0.25) is 9.59 Å². The number of nitrogens with zero attached hydrogens (tertiary/aromatic N) is 1. The maximum absolute atomic E-state index is 13.6. The summed E-state index contributed by atoms with van der Waals surface area (Å²) in [6.07, 6.45) is -4.35. The molecule has 0 saturated carbocycles. The van der Waals surface area contributed by atoms with Crippen LogP contribution >= 0.6 is 0 Å². The Morgan fingerprint density at radius 2 is 1.55 bits per heavy atom. The van der Waals surface area contributed by atoms with Crippen LogP contribution in [0.15, 0.2) is 60.7 Å². The highest BCUT2D eigenvalue weighted by atomic mass is 19.4. The summed E-state index contributed by atoms with van der Waals surface area (Å²) in [7, 11) is 5.88. The van der Waals surface area contributed by atoms with Gasteiger partial charge in [0.25, 0.3) is 0 Å². The van der Waals surface area contributed by atoms with Gasteiger partial charge in [0, 0.05) is 24.2 Å². The van der Waals surface area contributed by atoms with Crippen molar-refractivity contribution in [2.24, 2.45) is 5.92 Å². The van der Waals surface area contributed by atoms with E-state index in [0.29, 0.717) is 34.2 Å². The molecule has 1 fully saturated rings. The molecule has 0 aromatic heterocycles. The van der Waals surface area contributed by atoms with Gasteiger partial charge >= 0.3 is 6.18 Å². The molecule has 2 amide bonds. The first-order valence-electron chi connectivity index (χ1n) is 12.4. The van der Waals surface area contributed by atoms with Crippen molar-refractivity contribution >= 4 is 23.2 Å². The van der Waals surface area contributed by atoms with Crippen molar-refractivity contribution < 1.29 is 41.7 Å². The van der Waals surface area contributed by atoms with Gasteiger partial charge in [-0.2, -0.15) is 13.2 Å². The van der Waals surface area contributed by atoms with Crippen molar-refractivity contribution in [3.05, 3.63) is 71.8 Å². The summed E-state index contributed by atoms with van der Waals surface area (Å²) in [6, 6.07) is 13.8. The molecule has 3 aromatic rings. The summed E-state index contributed by atoms with van der Waals surface area (Å²) >= 11 is 0. The number of anilines is 2. The number of piperidine rings is 1. The molecule has 1 aliphatic rings. The predicted octanol–water partition coefficient (Wildman–Crippen LogP) is 5.86. The number of carbonyl (C=O) groups excluding carboxylic acids is 2. The first-order valence-corrected chi connectivity index (χ1v) is 12.4. The maximum Gasteiger partial charge on any atom is 0.416 e. The van der Waals surface area contributed by atoms with E-state index >= 15 is 0 Å². The number of methoxy groups -OCH3 is 4. The van der Waals surface area contributed by atoms with Gasteiger partial charge in [-0.05, 0) is 42.3 Å². The number of hydrogen-bond acceptors (Lipinski definition) is 6. The SMILES string of the molecule is COc1ccc([C@H]2[C@@H](C(=O)Nc3cccc(C(F)(F)F)c3)CCC(=O)N2c2cc(OC)c(OC)c(OC)c2)cc1. The quantitative estimate of drug-likeness (QED) is 0.373. The average molecular weight is 559 g/mol. The molecule has 2 atom stereocenters. The minimum Gasteiger partial charge on any atom is -0.497 e. The van der Waals surface area contributed by atoms with Crippen LogP contribution in [0.3, 0.4) is 0 Å². The van der Waals surface area contributed by atoms with E-state index in [4.69, 9.17) is 18.9 Å². The topological polar surface area (TPSA) is 86.3 Å². The number of ether oxygens (including phenoxy) is 4. The van der Waals surface area contributed by atoms with E-state index in [1.807, 2.05) is 0 Å². The van der Waals surface area contributed by atoms with Crippen LogP contribution in [0.5, 0.6) is 23.0 Å². The molecule has 1 aliphatic heterocycles. The summed E-state index contributed by atoms with van der Waals surface area (Å²) in [4.78, 5) is 28.6. The normalized spacial score (nSPS) is 17.3. The zero-order valence-electron chi connectivity index (χ0n) is 22.4. The molecule has 1 heterocycles. The van der Waals surface area contributed by atoms with Crippen molar-refractivity contribution in [2.45, 2.75) is 25.1 Å². The van der Waals surface area contributed by atoms with Crippen LogP contribution < -0.4 is 29.2 Å². The monoisotopic (exact) mass is 558 g/mol. The molecule has 0 aliphatic carbocycles. The minimum absolute atomic E-state index is 0.00421. The summed E-state index contributed by atoms with van der Waals surface area (Å²) in [5, 5.41) is 2.63. The first kappa shape index (κ1) is 28.6. The molecule has 0 unspecified atom stereocenters. The molecular weight excluding hydrogens is 529 g/mol. The van der Waals surface area contributed by atoms with E-state index in [1.54, 1.807) is 36.4 Å². The maximum atomic E-state index is 13.6. The number of nitrogens with one attached hydrogen (secondary N) is 1. The second-order valence-corrected chi connectivity index (χ2v) is 9.08. The van der Waals surface area contributed by atoms with Gasteiger partial charge in [0.05, 0.1) is 51.6 Å². The Hall–Kier alpha value is -4.41. The van der Waals surface area contributed by atoms with Crippen molar-refractivity contribution in [3.63, 3.8) is 0 Å². The third kappa shape index (κ3) is 5.78. The smallest absolute Gasteiger partial charge is 0.416 e. The molecule has 0 spiro atoms. The Labute approximate surface area is 229 Å². The number of carbonyl (C=O) groups is 2. The van der Waals surface area contributed by atoms with E-state index in [-0.39, 0.29) is 24.4 Å². The van der Waals surface area contributed by atoms with Crippen LogP contribution in [0.25, 0.3) is 0 Å². The van der Waals surface area contributed by atoms with Crippen LogP contribution in [0.4, 0.5) is 24.5 Å². The van der Waals surface area contributed by atoms with Crippen molar-refractivity contribution in [1.29, 1.82) is 0 Å². The largest absolute Gasteiger partial charge is 0.497 e. The lowest BCUT2D eigenvalue weighted by molar-refractivity contribution is -0.137. The molecule has 0 radical (unpaired) electrons. The molecule has 0 bridgehead atoms. The Balaban J connectivity index is 1.80. The van der Waals surface area contributed by atoms with E-state index in [2.05, 4.69) is 5.32 Å². The lowest BCUT2D eigenvalue weighted by Crippen LogP contribution is -2.47. The molecule has 8 nitrogen and oxygen atoms in total. The number of alkyl halides is 3. The Morgan fingerprint density at radius 1 is 0.900 bits per heavy atom. The summed E-state index contributed by atoms with van der Waals surface area (Å²) < 4.78 is 61.4. The fourth-order valence-electron chi connectivity index (χ4n) is 4.87. The highest BCUT2D eigenvalue weighted by Crippen LogP contribution is 2.46. The molecule has 1 saturated heterocycles. The highest BCUT2D eigenvalue weighted by molar-refractivity contribution is 6.00. The molecule has 3 aromatic carbocycles. The van der Waals surface area contributed by atoms with E-state index in [0.717, 1.165) is 12.1 Å². The van der Waals surface area contributed by atoms with Crippen LogP contribution in [0, 0.1) is 5.92 Å². The second kappa shape index (κ2) is 11.8. The number of hydrogen-bond donors (Lipinski definition) is 1. The third-order valence-corrected chi connectivity index (χ3v) is 6.78. The van der Waals surface area contributed by atoms with Crippen molar-refractivity contribution in [3.8, 4) is 23.0 Å². The van der Waals surface area contributed by atoms with Gasteiger partial charge in [-0.1, -0.05) is 18.2 Å². The van der Waals surface area contributed by atoms with E-state index in [1.165, 1.54) is 45.5 Å². The molecule has 11 heteroatoms. The Morgan fingerprint density at radius 3 is 2.10 bits per heavy atom. The van der Waals surface area contributed by atoms with Gasteiger partial charge in [0.2, 0.25) is 17.6 Å². The number of halogens is 3. The van der Waals surface area contributed by atoms with E-state index < -0.39 is 29.6 Å². The number of amides is 2. The van der Waals surface area contributed by atoms with Gasteiger partial charge in [0.15, 0.2) is 11.5 Å². The van der Waals surface area contributed by atoms with Crippen molar-refractivity contribution in [2.75, 3.05) is 38.7 Å². The third-order valence-electron chi connectivity index (χ3n) is 6.78. The molecule has 212 valence electrons. The predicted molar refractivity (Wildman–Crippen MR) is 142 cm³/mol. The average Bonchev–Trinajstić information content (AvgIpc) is 2.95. The lowest BCUT2D eigenvalue weighted by atomic mass is 9.83. The fraction of sp³-hybridized carbons (Fsp3) is 0.310. The zero-order valence-corrected chi connectivity index (χ0v) is 22.4. The molecule has 4 rings (SSSR count). The highest BCUT2D eigenvalue weighted by Gasteiger charge is 2.42. The lowest BCUT2D eigenvalue weighted by Gasteiger charge is -2.41. The molecular formula is C29H29F3N2O6. The van der Waals surface area contributed by atoms with Crippen LogP contribution in [0.2, 0.25) is 0 Å². The second-order valence-electron chi connectivity index (χ2n) is 9.08. The summed E-state index contributed by atoms with van der Waals surface area (Å²) in [5.41, 5.74) is 0.156.